The fourth-order valence-electron chi connectivity index (χ4n) is 3.80. The SMILES string of the molecule is Cc1c(C(=O)N(C)c2ccccc2)oc2c1/C(=N/Nc1cccc(C(F)(F)F)c1)CCC2. The number of para-hydroxylation sites is 1. The van der Waals surface area contributed by atoms with Crippen LogP contribution in [0.25, 0.3) is 0 Å². The number of rotatable bonds is 4. The Morgan fingerprint density at radius 3 is 2.56 bits per heavy atom. The third-order valence-corrected chi connectivity index (χ3v) is 5.48. The zero-order valence-corrected chi connectivity index (χ0v) is 17.7. The van der Waals surface area contributed by atoms with E-state index in [0.29, 0.717) is 29.9 Å². The maximum Gasteiger partial charge on any atom is 0.416 e. The van der Waals surface area contributed by atoms with E-state index in [2.05, 4.69) is 10.5 Å². The van der Waals surface area contributed by atoms with Crippen molar-refractivity contribution in [3.8, 4) is 0 Å². The molecule has 3 aromatic rings. The van der Waals surface area contributed by atoms with Gasteiger partial charge in [-0.1, -0.05) is 24.3 Å². The van der Waals surface area contributed by atoms with Crippen LogP contribution in [0.4, 0.5) is 24.5 Å². The van der Waals surface area contributed by atoms with Gasteiger partial charge in [0.05, 0.1) is 17.0 Å². The van der Waals surface area contributed by atoms with E-state index in [1.54, 1.807) is 14.0 Å². The summed E-state index contributed by atoms with van der Waals surface area (Å²) in [6.45, 7) is 1.81. The van der Waals surface area contributed by atoms with Gasteiger partial charge in [-0.2, -0.15) is 18.3 Å². The van der Waals surface area contributed by atoms with E-state index >= 15 is 0 Å². The number of halogens is 3. The number of hydrazone groups is 1. The Balaban J connectivity index is 1.62. The van der Waals surface area contributed by atoms with Crippen LogP contribution in [0.5, 0.6) is 0 Å². The van der Waals surface area contributed by atoms with Crippen molar-refractivity contribution in [2.75, 3.05) is 17.4 Å². The molecule has 1 N–H and O–H groups in total. The maximum absolute atomic E-state index is 13.1. The van der Waals surface area contributed by atoms with Crippen molar-refractivity contribution in [2.45, 2.75) is 32.4 Å². The molecular formula is C24H22F3N3O2. The first-order chi connectivity index (χ1) is 15.3. The fourth-order valence-corrected chi connectivity index (χ4v) is 3.80. The monoisotopic (exact) mass is 441 g/mol. The highest BCUT2D eigenvalue weighted by Crippen LogP contribution is 2.33. The summed E-state index contributed by atoms with van der Waals surface area (Å²) in [7, 11) is 1.68. The van der Waals surface area contributed by atoms with Crippen molar-refractivity contribution in [1.82, 2.24) is 0 Å². The van der Waals surface area contributed by atoms with Gasteiger partial charge in [0, 0.05) is 30.3 Å². The van der Waals surface area contributed by atoms with Gasteiger partial charge >= 0.3 is 6.18 Å². The number of fused-ring (bicyclic) bond motifs is 1. The molecule has 0 saturated heterocycles. The smallest absolute Gasteiger partial charge is 0.416 e. The number of furan rings is 1. The second-order valence-electron chi connectivity index (χ2n) is 7.66. The first-order valence-corrected chi connectivity index (χ1v) is 10.2. The lowest BCUT2D eigenvalue weighted by Gasteiger charge is -2.16. The summed E-state index contributed by atoms with van der Waals surface area (Å²) in [4.78, 5) is 14.6. The van der Waals surface area contributed by atoms with Crippen LogP contribution in [0.3, 0.4) is 0 Å². The van der Waals surface area contributed by atoms with Gasteiger partial charge in [-0.15, -0.1) is 0 Å². The number of anilines is 2. The van der Waals surface area contributed by atoms with Crippen LogP contribution in [0, 0.1) is 6.92 Å². The molecule has 0 radical (unpaired) electrons. The maximum atomic E-state index is 13.1. The second-order valence-corrected chi connectivity index (χ2v) is 7.66. The van der Waals surface area contributed by atoms with Gasteiger partial charge in [-0.3, -0.25) is 10.2 Å². The van der Waals surface area contributed by atoms with Crippen LogP contribution in [0.1, 0.15) is 45.8 Å². The van der Waals surface area contributed by atoms with Crippen LogP contribution in [-0.2, 0) is 12.6 Å². The Bertz CT molecular complexity index is 1170. The van der Waals surface area contributed by atoms with Crippen molar-refractivity contribution in [3.05, 3.63) is 82.8 Å². The summed E-state index contributed by atoms with van der Waals surface area (Å²) >= 11 is 0. The number of aryl methyl sites for hydroxylation is 1. The summed E-state index contributed by atoms with van der Waals surface area (Å²) in [5, 5.41) is 4.37. The highest BCUT2D eigenvalue weighted by atomic mass is 19.4. The molecule has 166 valence electrons. The Morgan fingerprint density at radius 2 is 1.84 bits per heavy atom. The predicted molar refractivity (Wildman–Crippen MR) is 117 cm³/mol. The van der Waals surface area contributed by atoms with E-state index in [9.17, 15) is 18.0 Å². The van der Waals surface area contributed by atoms with Crippen LogP contribution in [0.2, 0.25) is 0 Å². The zero-order valence-electron chi connectivity index (χ0n) is 17.7. The Hall–Kier alpha value is -3.55. The summed E-state index contributed by atoms with van der Waals surface area (Å²) in [6.07, 6.45) is -2.36. The molecule has 0 saturated carbocycles. The normalized spacial score (nSPS) is 14.8. The van der Waals surface area contributed by atoms with E-state index in [1.165, 1.54) is 17.0 Å². The van der Waals surface area contributed by atoms with E-state index in [1.807, 2.05) is 30.3 Å². The van der Waals surface area contributed by atoms with Gasteiger partial charge in [0.1, 0.15) is 5.76 Å². The van der Waals surface area contributed by atoms with Gasteiger partial charge < -0.3 is 9.32 Å². The van der Waals surface area contributed by atoms with Crippen molar-refractivity contribution in [1.29, 1.82) is 0 Å². The Kier molecular flexibility index (Phi) is 5.78. The average Bonchev–Trinajstić information content (AvgIpc) is 3.14. The standard InChI is InChI=1S/C24H22F3N3O2/c1-15-21-19(29-28-17-9-6-8-16(14-17)24(25,26)27)12-7-13-20(21)32-22(15)23(31)30(2)18-10-4-3-5-11-18/h3-6,8-11,14,28H,7,12-13H2,1-2H3/b29-19+. The van der Waals surface area contributed by atoms with Crippen molar-refractivity contribution in [2.24, 2.45) is 5.10 Å². The lowest BCUT2D eigenvalue weighted by molar-refractivity contribution is -0.137. The van der Waals surface area contributed by atoms with Crippen LogP contribution in [-0.4, -0.2) is 18.7 Å². The number of carbonyl (C=O) groups excluding carboxylic acids is 1. The molecule has 1 aliphatic rings. The lowest BCUT2D eigenvalue weighted by Crippen LogP contribution is -2.26. The van der Waals surface area contributed by atoms with E-state index in [4.69, 9.17) is 4.42 Å². The van der Waals surface area contributed by atoms with Crippen LogP contribution < -0.4 is 10.3 Å². The molecule has 32 heavy (non-hydrogen) atoms. The minimum atomic E-state index is -4.43. The second kappa shape index (κ2) is 8.53. The first kappa shape index (κ1) is 21.7. The molecule has 1 aliphatic carbocycles. The van der Waals surface area contributed by atoms with Crippen molar-refractivity contribution in [3.63, 3.8) is 0 Å². The lowest BCUT2D eigenvalue weighted by atomic mass is 9.93. The minimum Gasteiger partial charge on any atom is -0.455 e. The number of amides is 1. The third kappa shape index (κ3) is 4.26. The molecule has 0 atom stereocenters. The molecule has 8 heteroatoms. The van der Waals surface area contributed by atoms with Gasteiger partial charge in [0.2, 0.25) is 0 Å². The molecular weight excluding hydrogens is 419 g/mol. The molecule has 0 fully saturated rings. The number of nitrogens with one attached hydrogen (secondary N) is 1. The van der Waals surface area contributed by atoms with Gasteiger partial charge in [0.25, 0.3) is 5.91 Å². The summed E-state index contributed by atoms with van der Waals surface area (Å²) in [6, 6.07) is 14.1. The van der Waals surface area contributed by atoms with E-state index in [-0.39, 0.29) is 17.4 Å². The summed E-state index contributed by atoms with van der Waals surface area (Å²) in [5.74, 6) is 0.645. The molecule has 4 rings (SSSR count). The Labute approximate surface area is 183 Å². The first-order valence-electron chi connectivity index (χ1n) is 10.2. The molecule has 0 unspecified atom stereocenters. The number of nitrogens with zero attached hydrogens (tertiary/aromatic N) is 2. The third-order valence-electron chi connectivity index (χ3n) is 5.48. The number of hydrogen-bond acceptors (Lipinski definition) is 4. The summed E-state index contributed by atoms with van der Waals surface area (Å²) in [5.41, 5.74) is 5.05. The zero-order chi connectivity index (χ0) is 22.9. The highest BCUT2D eigenvalue weighted by Gasteiger charge is 2.31. The molecule has 0 bridgehead atoms. The largest absolute Gasteiger partial charge is 0.455 e. The number of alkyl halides is 3. The topological polar surface area (TPSA) is 57.8 Å². The fraction of sp³-hybridized carbons (Fsp3) is 0.250. The molecule has 1 aromatic heterocycles. The van der Waals surface area contributed by atoms with E-state index in [0.717, 1.165) is 29.8 Å². The van der Waals surface area contributed by atoms with Crippen LogP contribution >= 0.6 is 0 Å². The molecule has 0 aliphatic heterocycles. The van der Waals surface area contributed by atoms with Gasteiger partial charge in [-0.05, 0) is 50.1 Å². The Morgan fingerprint density at radius 1 is 1.09 bits per heavy atom. The molecule has 1 heterocycles. The number of hydrogen-bond donors (Lipinski definition) is 1. The van der Waals surface area contributed by atoms with Gasteiger partial charge in [0.15, 0.2) is 5.76 Å². The molecule has 5 nitrogen and oxygen atoms in total. The van der Waals surface area contributed by atoms with Crippen molar-refractivity contribution < 1.29 is 22.4 Å². The highest BCUT2D eigenvalue weighted by molar-refractivity contribution is 6.10. The number of carbonyl (C=O) groups is 1. The molecule has 2 aromatic carbocycles. The molecule has 0 spiro atoms. The van der Waals surface area contributed by atoms with Crippen LogP contribution in [0.15, 0.2) is 64.1 Å². The predicted octanol–water partition coefficient (Wildman–Crippen LogP) is 6.04. The summed E-state index contributed by atoms with van der Waals surface area (Å²) < 4.78 is 44.8. The minimum absolute atomic E-state index is 0.237. The number of benzene rings is 2. The van der Waals surface area contributed by atoms with E-state index < -0.39 is 11.7 Å². The molecule has 1 amide bonds. The van der Waals surface area contributed by atoms with Crippen molar-refractivity contribution >= 4 is 23.0 Å². The average molecular weight is 441 g/mol. The van der Waals surface area contributed by atoms with Gasteiger partial charge in [-0.25, -0.2) is 0 Å². The quantitative estimate of drug-likeness (QED) is 0.503.